The van der Waals surface area contributed by atoms with Crippen LogP contribution >= 0.6 is 0 Å². The molecule has 2 aromatic carbocycles. The molecule has 30 heavy (non-hydrogen) atoms. The SMILES string of the molecule is CCN1CCC[C@H]1CN=CC1C(=O)N(c2ccc(OC)cc2)C(=O)c2ccccc21. The number of hydrogen-bond donors (Lipinski definition) is 0. The van der Waals surface area contributed by atoms with Gasteiger partial charge in [-0.2, -0.15) is 0 Å². The Balaban J connectivity index is 1.63. The van der Waals surface area contributed by atoms with Crippen molar-refractivity contribution < 1.29 is 14.3 Å². The molecule has 2 aromatic rings. The first kappa shape index (κ1) is 20.3. The van der Waals surface area contributed by atoms with Crippen LogP contribution in [0.2, 0.25) is 0 Å². The number of benzene rings is 2. The quantitative estimate of drug-likeness (QED) is 0.545. The van der Waals surface area contributed by atoms with Gasteiger partial charge in [0.25, 0.3) is 5.91 Å². The topological polar surface area (TPSA) is 62.2 Å². The Labute approximate surface area is 177 Å². The number of carbonyl (C=O) groups is 2. The van der Waals surface area contributed by atoms with Crippen molar-refractivity contribution in [1.82, 2.24) is 4.90 Å². The molecule has 2 amide bonds. The second kappa shape index (κ2) is 8.79. The first-order valence-electron chi connectivity index (χ1n) is 10.5. The van der Waals surface area contributed by atoms with Gasteiger partial charge in [-0.25, -0.2) is 4.90 Å². The van der Waals surface area contributed by atoms with E-state index >= 15 is 0 Å². The highest BCUT2D eigenvalue weighted by Crippen LogP contribution is 2.32. The summed E-state index contributed by atoms with van der Waals surface area (Å²) >= 11 is 0. The number of carbonyl (C=O) groups excluding carboxylic acids is 2. The largest absolute Gasteiger partial charge is 0.497 e. The Bertz CT molecular complexity index is 954. The fourth-order valence-corrected chi connectivity index (χ4v) is 4.38. The van der Waals surface area contributed by atoms with E-state index in [9.17, 15) is 9.59 Å². The number of hydrogen-bond acceptors (Lipinski definition) is 5. The van der Waals surface area contributed by atoms with E-state index < -0.39 is 5.92 Å². The molecule has 2 aliphatic rings. The Morgan fingerprint density at radius 3 is 2.63 bits per heavy atom. The van der Waals surface area contributed by atoms with Crippen LogP contribution in [0.4, 0.5) is 5.69 Å². The van der Waals surface area contributed by atoms with E-state index in [1.807, 2.05) is 18.2 Å². The molecule has 2 atom stereocenters. The number of methoxy groups -OCH3 is 1. The predicted molar refractivity (Wildman–Crippen MR) is 118 cm³/mol. The lowest BCUT2D eigenvalue weighted by Crippen LogP contribution is -2.45. The maximum atomic E-state index is 13.4. The predicted octanol–water partition coefficient (Wildman–Crippen LogP) is 3.52. The highest BCUT2D eigenvalue weighted by Gasteiger charge is 2.38. The van der Waals surface area contributed by atoms with Crippen LogP contribution in [-0.2, 0) is 4.79 Å². The summed E-state index contributed by atoms with van der Waals surface area (Å²) in [6, 6.07) is 14.7. The Morgan fingerprint density at radius 2 is 1.90 bits per heavy atom. The van der Waals surface area contributed by atoms with Gasteiger partial charge in [-0.1, -0.05) is 25.1 Å². The normalized spacial score (nSPS) is 22.0. The zero-order chi connectivity index (χ0) is 21.1. The van der Waals surface area contributed by atoms with Gasteiger partial charge in [0.1, 0.15) is 5.75 Å². The van der Waals surface area contributed by atoms with E-state index in [0.29, 0.717) is 29.6 Å². The van der Waals surface area contributed by atoms with Gasteiger partial charge in [-0.3, -0.25) is 19.5 Å². The number of likely N-dealkylation sites (tertiary alicyclic amines) is 1. The average Bonchev–Trinajstić information content (AvgIpc) is 3.24. The van der Waals surface area contributed by atoms with Crippen LogP contribution in [0.15, 0.2) is 53.5 Å². The second-order valence-electron chi connectivity index (χ2n) is 7.68. The molecule has 2 heterocycles. The lowest BCUT2D eigenvalue weighted by molar-refractivity contribution is -0.118. The fraction of sp³-hybridized carbons (Fsp3) is 0.375. The average molecular weight is 405 g/mol. The number of imide groups is 1. The molecule has 0 spiro atoms. The number of amides is 2. The molecule has 0 aromatic heterocycles. The third-order valence-corrected chi connectivity index (χ3v) is 6.02. The van der Waals surface area contributed by atoms with Gasteiger partial charge in [-0.15, -0.1) is 0 Å². The summed E-state index contributed by atoms with van der Waals surface area (Å²) in [6.07, 6.45) is 4.06. The Morgan fingerprint density at radius 1 is 1.13 bits per heavy atom. The number of anilines is 1. The fourth-order valence-electron chi connectivity index (χ4n) is 4.38. The molecular weight excluding hydrogens is 378 g/mol. The van der Waals surface area contributed by atoms with Gasteiger partial charge >= 0.3 is 0 Å². The Kier molecular flexibility index (Phi) is 5.95. The first-order valence-corrected chi connectivity index (χ1v) is 10.5. The zero-order valence-corrected chi connectivity index (χ0v) is 17.5. The minimum Gasteiger partial charge on any atom is -0.497 e. The summed E-state index contributed by atoms with van der Waals surface area (Å²) in [4.78, 5) is 34.8. The smallest absolute Gasteiger partial charge is 0.265 e. The molecule has 0 N–H and O–H groups in total. The number of ether oxygens (including phenoxy) is 1. The highest BCUT2D eigenvalue weighted by atomic mass is 16.5. The molecule has 1 unspecified atom stereocenters. The monoisotopic (exact) mass is 405 g/mol. The molecule has 1 fully saturated rings. The van der Waals surface area contributed by atoms with Gasteiger partial charge in [-0.05, 0) is 61.8 Å². The number of fused-ring (bicyclic) bond motifs is 1. The third kappa shape index (κ3) is 3.75. The van der Waals surface area contributed by atoms with Crippen LogP contribution in [0, 0.1) is 0 Å². The van der Waals surface area contributed by atoms with Crippen molar-refractivity contribution in [3.05, 3.63) is 59.7 Å². The van der Waals surface area contributed by atoms with Gasteiger partial charge in [0.05, 0.1) is 25.3 Å². The van der Waals surface area contributed by atoms with E-state index in [4.69, 9.17) is 4.74 Å². The summed E-state index contributed by atoms with van der Waals surface area (Å²) in [5.41, 5.74) is 1.80. The first-order chi connectivity index (χ1) is 14.6. The van der Waals surface area contributed by atoms with E-state index in [2.05, 4.69) is 16.8 Å². The molecular formula is C24H27N3O3. The van der Waals surface area contributed by atoms with Crippen molar-refractivity contribution in [2.45, 2.75) is 31.7 Å². The van der Waals surface area contributed by atoms with Gasteiger partial charge in [0.15, 0.2) is 0 Å². The summed E-state index contributed by atoms with van der Waals surface area (Å²) in [7, 11) is 1.58. The number of rotatable bonds is 6. The van der Waals surface area contributed by atoms with Gasteiger partial charge in [0.2, 0.25) is 5.91 Å². The number of aliphatic imine (C=N–C) groups is 1. The van der Waals surface area contributed by atoms with Crippen molar-refractivity contribution in [1.29, 1.82) is 0 Å². The van der Waals surface area contributed by atoms with Crippen molar-refractivity contribution >= 4 is 23.7 Å². The number of nitrogens with zero attached hydrogens (tertiary/aromatic N) is 3. The minimum absolute atomic E-state index is 0.272. The molecule has 0 aliphatic carbocycles. The molecule has 0 saturated carbocycles. The van der Waals surface area contributed by atoms with E-state index in [0.717, 1.165) is 25.1 Å². The molecule has 156 valence electrons. The lowest BCUT2D eigenvalue weighted by Gasteiger charge is -2.31. The van der Waals surface area contributed by atoms with E-state index in [1.54, 1.807) is 43.7 Å². The van der Waals surface area contributed by atoms with Gasteiger partial charge < -0.3 is 4.74 Å². The third-order valence-electron chi connectivity index (χ3n) is 6.02. The molecule has 6 heteroatoms. The van der Waals surface area contributed by atoms with Crippen LogP contribution in [0.3, 0.4) is 0 Å². The maximum absolute atomic E-state index is 13.4. The Hall–Kier alpha value is -2.99. The zero-order valence-electron chi connectivity index (χ0n) is 17.5. The number of likely N-dealkylation sites (N-methyl/N-ethyl adjacent to an activating group) is 1. The van der Waals surface area contributed by atoms with E-state index in [1.165, 1.54) is 11.3 Å². The van der Waals surface area contributed by atoms with Crippen molar-refractivity contribution in [2.75, 3.05) is 31.6 Å². The van der Waals surface area contributed by atoms with Crippen LogP contribution in [0.25, 0.3) is 0 Å². The standard InChI is InChI=1S/C24H27N3O3/c1-3-26-14-6-7-18(26)15-25-16-22-20-8-4-5-9-21(20)23(28)27(24(22)29)17-10-12-19(30-2)13-11-17/h4-5,8-13,16,18,22H,3,6-7,14-15H2,1-2H3/t18-,22?/m0/s1. The summed E-state index contributed by atoms with van der Waals surface area (Å²) < 4.78 is 5.19. The molecule has 1 saturated heterocycles. The molecule has 6 nitrogen and oxygen atoms in total. The summed E-state index contributed by atoms with van der Waals surface area (Å²) in [5.74, 6) is -0.478. The van der Waals surface area contributed by atoms with Crippen molar-refractivity contribution in [2.24, 2.45) is 4.99 Å². The molecule has 4 rings (SSSR count). The van der Waals surface area contributed by atoms with Crippen LogP contribution in [-0.4, -0.2) is 55.7 Å². The molecule has 0 radical (unpaired) electrons. The highest BCUT2D eigenvalue weighted by molar-refractivity contribution is 6.29. The summed E-state index contributed by atoms with van der Waals surface area (Å²) in [6.45, 7) is 4.98. The summed E-state index contributed by atoms with van der Waals surface area (Å²) in [5, 5.41) is 0. The van der Waals surface area contributed by atoms with Crippen LogP contribution < -0.4 is 9.64 Å². The lowest BCUT2D eigenvalue weighted by atomic mass is 9.89. The maximum Gasteiger partial charge on any atom is 0.265 e. The van der Waals surface area contributed by atoms with Gasteiger partial charge in [0, 0.05) is 17.8 Å². The van der Waals surface area contributed by atoms with Crippen molar-refractivity contribution in [3.8, 4) is 5.75 Å². The van der Waals surface area contributed by atoms with Crippen LogP contribution in [0.5, 0.6) is 5.75 Å². The minimum atomic E-state index is -0.572. The molecule has 2 aliphatic heterocycles. The molecule has 0 bridgehead atoms. The van der Waals surface area contributed by atoms with Crippen molar-refractivity contribution in [3.63, 3.8) is 0 Å². The van der Waals surface area contributed by atoms with Crippen LogP contribution in [0.1, 0.15) is 41.6 Å². The van der Waals surface area contributed by atoms with E-state index in [-0.39, 0.29) is 11.8 Å². The second-order valence-corrected chi connectivity index (χ2v) is 7.68.